The van der Waals surface area contributed by atoms with Gasteiger partial charge < -0.3 is 15.4 Å². The Morgan fingerprint density at radius 3 is 3.10 bits per heavy atom. The minimum absolute atomic E-state index is 0.635. The molecule has 3 nitrogen and oxygen atoms in total. The van der Waals surface area contributed by atoms with Crippen molar-refractivity contribution in [3.63, 3.8) is 0 Å². The molecule has 3 heteroatoms. The van der Waals surface area contributed by atoms with Crippen LogP contribution in [0.5, 0.6) is 0 Å². The van der Waals surface area contributed by atoms with Crippen molar-refractivity contribution < 1.29 is 4.74 Å². The molecule has 0 fully saturated rings. The van der Waals surface area contributed by atoms with E-state index in [1.807, 2.05) is 6.92 Å². The Bertz CT molecular complexity index is 526. The standard InChI is InChI=1S/C18H24N2O/c1-2-21-14-10-18-17-9-5-7-16(15-17)8-6-12-19-11-3-4-13-20-18/h5,7,9-10,15,19-20H,2-4,11-14H2,1H3/b18-10+. The summed E-state index contributed by atoms with van der Waals surface area (Å²) in [6.07, 6.45) is 4.42. The third-order valence-corrected chi connectivity index (χ3v) is 3.32. The number of ether oxygens (including phenoxy) is 1. The third-order valence-electron chi connectivity index (χ3n) is 3.32. The maximum atomic E-state index is 5.45. The Hall–Kier alpha value is -1.76. The lowest BCUT2D eigenvalue weighted by Crippen LogP contribution is -2.18. The Kier molecular flexibility index (Phi) is 6.87. The molecule has 1 aliphatic heterocycles. The van der Waals surface area contributed by atoms with Crippen LogP contribution in [-0.4, -0.2) is 32.8 Å². The molecule has 1 aromatic rings. The van der Waals surface area contributed by atoms with Gasteiger partial charge in [0.25, 0.3) is 0 Å². The number of nitrogens with one attached hydrogen (secondary N) is 2. The summed E-state index contributed by atoms with van der Waals surface area (Å²) in [6, 6.07) is 8.36. The minimum atomic E-state index is 0.635. The van der Waals surface area contributed by atoms with Crippen LogP contribution in [0.1, 0.15) is 30.9 Å². The van der Waals surface area contributed by atoms with Crippen LogP contribution in [0.3, 0.4) is 0 Å². The smallest absolute Gasteiger partial charge is 0.0670 e. The van der Waals surface area contributed by atoms with E-state index in [1.54, 1.807) is 0 Å². The van der Waals surface area contributed by atoms with Gasteiger partial charge in [0.2, 0.25) is 0 Å². The molecule has 0 saturated heterocycles. The Labute approximate surface area is 127 Å². The van der Waals surface area contributed by atoms with Gasteiger partial charge in [0.1, 0.15) is 0 Å². The fraction of sp³-hybridized carbons (Fsp3) is 0.444. The average molecular weight is 284 g/mol. The third kappa shape index (κ3) is 5.63. The van der Waals surface area contributed by atoms with Gasteiger partial charge in [-0.05, 0) is 50.1 Å². The lowest BCUT2D eigenvalue weighted by atomic mass is 10.1. The first kappa shape index (κ1) is 15.6. The van der Waals surface area contributed by atoms with E-state index in [4.69, 9.17) is 4.74 Å². The van der Waals surface area contributed by atoms with E-state index in [1.165, 1.54) is 5.56 Å². The monoisotopic (exact) mass is 284 g/mol. The highest BCUT2D eigenvalue weighted by molar-refractivity contribution is 5.65. The highest BCUT2D eigenvalue weighted by atomic mass is 16.5. The molecule has 0 atom stereocenters. The van der Waals surface area contributed by atoms with E-state index in [0.717, 1.165) is 50.3 Å². The summed E-state index contributed by atoms with van der Waals surface area (Å²) in [7, 11) is 0. The van der Waals surface area contributed by atoms with Crippen molar-refractivity contribution >= 4 is 5.70 Å². The zero-order valence-corrected chi connectivity index (χ0v) is 12.7. The second kappa shape index (κ2) is 9.23. The fourth-order valence-electron chi connectivity index (χ4n) is 2.21. The van der Waals surface area contributed by atoms with Gasteiger partial charge in [0.15, 0.2) is 0 Å². The Morgan fingerprint density at radius 1 is 1.29 bits per heavy atom. The number of benzene rings is 1. The molecule has 1 aromatic carbocycles. The molecule has 1 aliphatic rings. The molecule has 1 heterocycles. The van der Waals surface area contributed by atoms with Crippen molar-refractivity contribution in [1.82, 2.24) is 10.6 Å². The molecular weight excluding hydrogens is 260 g/mol. The van der Waals surface area contributed by atoms with E-state index in [9.17, 15) is 0 Å². The van der Waals surface area contributed by atoms with Gasteiger partial charge >= 0.3 is 0 Å². The van der Waals surface area contributed by atoms with Crippen LogP contribution in [0.2, 0.25) is 0 Å². The molecule has 21 heavy (non-hydrogen) atoms. The molecule has 0 aromatic heterocycles. The Morgan fingerprint density at radius 2 is 2.19 bits per heavy atom. The van der Waals surface area contributed by atoms with Gasteiger partial charge in [0, 0.05) is 24.4 Å². The highest BCUT2D eigenvalue weighted by Gasteiger charge is 2.02. The van der Waals surface area contributed by atoms with Gasteiger partial charge in [-0.3, -0.25) is 0 Å². The van der Waals surface area contributed by atoms with Crippen molar-refractivity contribution in [1.29, 1.82) is 0 Å². The van der Waals surface area contributed by atoms with Crippen molar-refractivity contribution in [2.75, 3.05) is 32.8 Å². The van der Waals surface area contributed by atoms with Crippen LogP contribution < -0.4 is 10.6 Å². The second-order valence-corrected chi connectivity index (χ2v) is 4.97. The molecule has 0 amide bonds. The number of rotatable bonds is 3. The predicted octanol–water partition coefficient (Wildman–Crippen LogP) is 2.39. The predicted molar refractivity (Wildman–Crippen MR) is 87.9 cm³/mol. The normalized spacial score (nSPS) is 17.7. The van der Waals surface area contributed by atoms with Crippen LogP contribution in [0.15, 0.2) is 30.3 Å². The molecule has 2 N–H and O–H groups in total. The van der Waals surface area contributed by atoms with E-state index >= 15 is 0 Å². The number of hydrogen-bond acceptors (Lipinski definition) is 3. The summed E-state index contributed by atoms with van der Waals surface area (Å²) in [6.45, 7) is 6.14. The molecule has 0 radical (unpaired) electrons. The SMILES string of the molecule is CCOC/C=C1/NCCCCNCC#Cc2cccc1c2. The first-order valence-electron chi connectivity index (χ1n) is 7.72. The van der Waals surface area contributed by atoms with Crippen LogP contribution in [0, 0.1) is 11.8 Å². The van der Waals surface area contributed by atoms with Crippen molar-refractivity contribution in [2.24, 2.45) is 0 Å². The van der Waals surface area contributed by atoms with Gasteiger partial charge in [-0.2, -0.15) is 0 Å². The van der Waals surface area contributed by atoms with Crippen molar-refractivity contribution in [2.45, 2.75) is 19.8 Å². The first-order valence-corrected chi connectivity index (χ1v) is 7.72. The van der Waals surface area contributed by atoms with Gasteiger partial charge in [-0.1, -0.05) is 24.0 Å². The number of hydrogen-bond donors (Lipinski definition) is 2. The lowest BCUT2D eigenvalue weighted by molar-refractivity contribution is 0.177. The summed E-state index contributed by atoms with van der Waals surface area (Å²) in [5.41, 5.74) is 3.37. The van der Waals surface area contributed by atoms with E-state index in [-0.39, 0.29) is 0 Å². The summed E-state index contributed by atoms with van der Waals surface area (Å²) in [5.74, 6) is 6.39. The zero-order valence-electron chi connectivity index (χ0n) is 12.7. The topological polar surface area (TPSA) is 33.3 Å². The highest BCUT2D eigenvalue weighted by Crippen LogP contribution is 2.14. The maximum Gasteiger partial charge on any atom is 0.0670 e. The quantitative estimate of drug-likeness (QED) is 0.660. The van der Waals surface area contributed by atoms with Crippen LogP contribution in [-0.2, 0) is 4.74 Å². The first-order chi connectivity index (χ1) is 10.4. The lowest BCUT2D eigenvalue weighted by Gasteiger charge is -2.12. The molecule has 0 spiro atoms. The van der Waals surface area contributed by atoms with E-state index in [0.29, 0.717) is 6.61 Å². The van der Waals surface area contributed by atoms with Crippen molar-refractivity contribution in [3.05, 3.63) is 41.5 Å². The minimum Gasteiger partial charge on any atom is -0.385 e. The maximum absolute atomic E-state index is 5.45. The zero-order chi connectivity index (χ0) is 14.8. The Balaban J connectivity index is 2.21. The molecule has 112 valence electrons. The van der Waals surface area contributed by atoms with Gasteiger partial charge in [0.05, 0.1) is 13.2 Å². The van der Waals surface area contributed by atoms with Crippen LogP contribution in [0.4, 0.5) is 0 Å². The largest absolute Gasteiger partial charge is 0.385 e. The molecule has 2 bridgehead atoms. The summed E-state index contributed by atoms with van der Waals surface area (Å²) in [4.78, 5) is 0. The van der Waals surface area contributed by atoms with E-state index in [2.05, 4.69) is 52.8 Å². The van der Waals surface area contributed by atoms with Crippen LogP contribution in [0.25, 0.3) is 5.70 Å². The van der Waals surface area contributed by atoms with E-state index < -0.39 is 0 Å². The van der Waals surface area contributed by atoms with Gasteiger partial charge in [-0.15, -0.1) is 0 Å². The summed E-state index contributed by atoms with van der Waals surface area (Å²) >= 11 is 0. The molecule has 0 aliphatic carbocycles. The summed E-state index contributed by atoms with van der Waals surface area (Å²) < 4.78 is 5.45. The van der Waals surface area contributed by atoms with Crippen LogP contribution >= 0.6 is 0 Å². The van der Waals surface area contributed by atoms with Crippen molar-refractivity contribution in [3.8, 4) is 11.8 Å². The molecule has 0 unspecified atom stereocenters. The molecule has 2 rings (SSSR count). The molecule has 0 saturated carbocycles. The van der Waals surface area contributed by atoms with Gasteiger partial charge in [-0.25, -0.2) is 0 Å². The number of fused-ring (bicyclic) bond motifs is 2. The molecular formula is C18H24N2O. The summed E-state index contributed by atoms with van der Waals surface area (Å²) in [5, 5.41) is 6.88. The fourth-order valence-corrected chi connectivity index (χ4v) is 2.21. The average Bonchev–Trinajstić information content (AvgIpc) is 2.52. The second-order valence-electron chi connectivity index (χ2n) is 4.97.